The zero-order valence-electron chi connectivity index (χ0n) is 10.8. The molecule has 0 amide bonds. The molecule has 1 heterocycles. The Labute approximate surface area is 133 Å². The fourth-order valence-electron chi connectivity index (χ4n) is 2.28. The van der Waals surface area contributed by atoms with Crippen molar-refractivity contribution < 1.29 is 8.78 Å². The van der Waals surface area contributed by atoms with Gasteiger partial charge < -0.3 is 0 Å². The molecule has 0 aliphatic heterocycles. The van der Waals surface area contributed by atoms with Crippen molar-refractivity contribution >= 4 is 38.6 Å². The van der Waals surface area contributed by atoms with E-state index in [-0.39, 0.29) is 0 Å². The molecule has 3 aromatic rings. The van der Waals surface area contributed by atoms with Crippen LogP contribution < -0.4 is 0 Å². The summed E-state index contributed by atoms with van der Waals surface area (Å²) in [6.45, 7) is 0. The number of nitrogens with zero attached hydrogens (tertiary/aromatic N) is 2. The molecule has 0 bridgehead atoms. The van der Waals surface area contributed by atoms with E-state index in [4.69, 9.17) is 11.6 Å². The highest BCUT2D eigenvalue weighted by atomic mass is 79.9. The SMILES string of the molecule is Fc1ccc2nc(CCCl)n(-c3cc(Br)ccc3F)c2c1. The zero-order valence-corrected chi connectivity index (χ0v) is 13.1. The quantitative estimate of drug-likeness (QED) is 0.602. The Morgan fingerprint density at radius 1 is 1.14 bits per heavy atom. The Kier molecular flexibility index (Phi) is 3.95. The molecule has 6 heteroatoms. The summed E-state index contributed by atoms with van der Waals surface area (Å²) in [7, 11) is 0. The van der Waals surface area contributed by atoms with E-state index in [1.165, 1.54) is 18.2 Å². The van der Waals surface area contributed by atoms with E-state index >= 15 is 0 Å². The molecule has 0 N–H and O–H groups in total. The van der Waals surface area contributed by atoms with Gasteiger partial charge in [-0.2, -0.15) is 0 Å². The van der Waals surface area contributed by atoms with Gasteiger partial charge in [0.05, 0.1) is 16.7 Å². The van der Waals surface area contributed by atoms with Gasteiger partial charge in [-0.3, -0.25) is 4.57 Å². The van der Waals surface area contributed by atoms with Crippen molar-refractivity contribution in [1.29, 1.82) is 0 Å². The second-order valence-electron chi connectivity index (χ2n) is 4.53. The molecule has 2 aromatic carbocycles. The first-order chi connectivity index (χ1) is 10.1. The van der Waals surface area contributed by atoms with Gasteiger partial charge in [0.25, 0.3) is 0 Å². The summed E-state index contributed by atoms with van der Waals surface area (Å²) in [6, 6.07) is 8.87. The Hall–Kier alpha value is -1.46. The van der Waals surface area contributed by atoms with Crippen LogP contribution in [-0.2, 0) is 6.42 Å². The Morgan fingerprint density at radius 2 is 1.95 bits per heavy atom. The zero-order chi connectivity index (χ0) is 15.0. The molecule has 2 nitrogen and oxygen atoms in total. The summed E-state index contributed by atoms with van der Waals surface area (Å²) in [5.74, 6) is 0.151. The summed E-state index contributed by atoms with van der Waals surface area (Å²) in [5.41, 5.74) is 1.45. The Morgan fingerprint density at radius 3 is 2.71 bits per heavy atom. The van der Waals surface area contributed by atoms with Crippen molar-refractivity contribution in [2.24, 2.45) is 0 Å². The minimum absolute atomic E-state index is 0.317. The summed E-state index contributed by atoms with van der Waals surface area (Å²) >= 11 is 9.12. The van der Waals surface area contributed by atoms with Crippen LogP contribution in [0.15, 0.2) is 40.9 Å². The Bertz CT molecular complexity index is 817. The molecule has 0 aliphatic carbocycles. The topological polar surface area (TPSA) is 17.8 Å². The highest BCUT2D eigenvalue weighted by Crippen LogP contribution is 2.27. The van der Waals surface area contributed by atoms with E-state index < -0.39 is 11.6 Å². The molecule has 0 fully saturated rings. The maximum absolute atomic E-state index is 14.2. The minimum Gasteiger partial charge on any atom is -0.293 e. The second kappa shape index (κ2) is 5.73. The molecule has 0 aliphatic rings. The molecule has 0 spiro atoms. The lowest BCUT2D eigenvalue weighted by atomic mass is 10.2. The summed E-state index contributed by atoms with van der Waals surface area (Å²) in [6.07, 6.45) is 0.462. The third-order valence-electron chi connectivity index (χ3n) is 3.15. The number of aryl methyl sites for hydroxylation is 1. The Balaban J connectivity index is 2.35. The van der Waals surface area contributed by atoms with Gasteiger partial charge in [-0.25, -0.2) is 13.8 Å². The number of imidazole rings is 1. The van der Waals surface area contributed by atoms with E-state index in [2.05, 4.69) is 20.9 Å². The predicted octanol–water partition coefficient (Wildman–Crippen LogP) is 4.85. The summed E-state index contributed by atoms with van der Waals surface area (Å²) in [4.78, 5) is 4.42. The van der Waals surface area contributed by atoms with Crippen LogP contribution in [0, 0.1) is 11.6 Å². The van der Waals surface area contributed by atoms with Gasteiger partial charge in [-0.05, 0) is 30.3 Å². The van der Waals surface area contributed by atoms with Gasteiger partial charge in [-0.15, -0.1) is 11.6 Å². The third-order valence-corrected chi connectivity index (χ3v) is 3.84. The van der Waals surface area contributed by atoms with Gasteiger partial charge in [0.15, 0.2) is 0 Å². The largest absolute Gasteiger partial charge is 0.293 e. The van der Waals surface area contributed by atoms with Crippen LogP contribution in [0.1, 0.15) is 5.82 Å². The molecule has 0 radical (unpaired) electrons. The first-order valence-electron chi connectivity index (χ1n) is 6.28. The van der Waals surface area contributed by atoms with Gasteiger partial charge in [-0.1, -0.05) is 15.9 Å². The van der Waals surface area contributed by atoms with E-state index in [1.807, 2.05) is 0 Å². The fraction of sp³-hybridized carbons (Fsp3) is 0.133. The smallest absolute Gasteiger partial charge is 0.147 e. The molecular formula is C15H10BrClF2N2. The standard InChI is InChI=1S/C15H10BrClF2N2/c16-9-1-3-11(19)13(7-9)21-14-8-10(18)2-4-12(14)20-15(21)5-6-17/h1-4,7-8H,5-6H2. The molecule has 0 unspecified atom stereocenters. The van der Waals surface area contributed by atoms with Crippen LogP contribution in [0.4, 0.5) is 8.78 Å². The first-order valence-corrected chi connectivity index (χ1v) is 7.61. The van der Waals surface area contributed by atoms with Crippen molar-refractivity contribution in [2.45, 2.75) is 6.42 Å². The molecule has 21 heavy (non-hydrogen) atoms. The van der Waals surface area contributed by atoms with Crippen molar-refractivity contribution in [2.75, 3.05) is 5.88 Å². The molecule has 0 saturated carbocycles. The maximum atomic E-state index is 14.2. The lowest BCUT2D eigenvalue weighted by Crippen LogP contribution is -2.04. The number of halogens is 4. The number of fused-ring (bicyclic) bond motifs is 1. The van der Waals surface area contributed by atoms with E-state index in [0.29, 0.717) is 34.8 Å². The van der Waals surface area contributed by atoms with E-state index in [9.17, 15) is 8.78 Å². The van der Waals surface area contributed by atoms with Crippen LogP contribution >= 0.6 is 27.5 Å². The highest BCUT2D eigenvalue weighted by Gasteiger charge is 2.16. The third kappa shape index (κ3) is 2.68. The number of hydrogen-bond donors (Lipinski definition) is 0. The summed E-state index contributed by atoms with van der Waals surface area (Å²) < 4.78 is 30.1. The first kappa shape index (κ1) is 14.5. The van der Waals surface area contributed by atoms with Crippen molar-refractivity contribution in [3.63, 3.8) is 0 Å². The molecule has 3 rings (SSSR count). The molecule has 0 atom stereocenters. The van der Waals surface area contributed by atoms with Crippen molar-refractivity contribution in [3.8, 4) is 5.69 Å². The fourth-order valence-corrected chi connectivity index (χ4v) is 2.79. The van der Waals surface area contributed by atoms with Crippen molar-refractivity contribution in [3.05, 3.63) is 58.3 Å². The van der Waals surface area contributed by atoms with Crippen LogP contribution in [0.3, 0.4) is 0 Å². The van der Waals surface area contributed by atoms with Gasteiger partial charge in [0.2, 0.25) is 0 Å². The average Bonchev–Trinajstić information content (AvgIpc) is 2.79. The normalized spacial score (nSPS) is 11.2. The maximum Gasteiger partial charge on any atom is 0.147 e. The molecule has 1 aromatic heterocycles. The highest BCUT2D eigenvalue weighted by molar-refractivity contribution is 9.10. The molecule has 0 saturated heterocycles. The number of benzene rings is 2. The van der Waals surface area contributed by atoms with Crippen LogP contribution in [-0.4, -0.2) is 15.4 Å². The second-order valence-corrected chi connectivity index (χ2v) is 5.82. The van der Waals surface area contributed by atoms with Crippen LogP contribution in [0.2, 0.25) is 0 Å². The average molecular weight is 372 g/mol. The number of hydrogen-bond acceptors (Lipinski definition) is 1. The molecular weight excluding hydrogens is 362 g/mol. The van der Waals surface area contributed by atoms with Gasteiger partial charge >= 0.3 is 0 Å². The lowest BCUT2D eigenvalue weighted by Gasteiger charge is -2.10. The lowest BCUT2D eigenvalue weighted by molar-refractivity contribution is 0.615. The number of alkyl halides is 1. The monoisotopic (exact) mass is 370 g/mol. The predicted molar refractivity (Wildman–Crippen MR) is 83.1 cm³/mol. The van der Waals surface area contributed by atoms with Crippen molar-refractivity contribution in [1.82, 2.24) is 9.55 Å². The van der Waals surface area contributed by atoms with Crippen LogP contribution in [0.25, 0.3) is 16.7 Å². The van der Waals surface area contributed by atoms with E-state index in [0.717, 1.165) is 4.47 Å². The molecule has 108 valence electrons. The number of rotatable bonds is 3. The minimum atomic E-state index is -0.405. The van der Waals surface area contributed by atoms with Gasteiger partial charge in [0, 0.05) is 22.8 Å². The number of aromatic nitrogens is 2. The van der Waals surface area contributed by atoms with Crippen LogP contribution in [0.5, 0.6) is 0 Å². The van der Waals surface area contributed by atoms with E-state index in [1.54, 1.807) is 22.8 Å². The summed E-state index contributed by atoms with van der Waals surface area (Å²) in [5, 5.41) is 0. The van der Waals surface area contributed by atoms with Gasteiger partial charge in [0.1, 0.15) is 17.5 Å².